The Kier molecular flexibility index (Phi) is 3.50. The summed E-state index contributed by atoms with van der Waals surface area (Å²) in [7, 11) is 0. The lowest BCUT2D eigenvalue weighted by Crippen LogP contribution is -2.44. The number of rotatable bonds is 2. The molecule has 1 saturated heterocycles. The van der Waals surface area contributed by atoms with Crippen LogP contribution in [-0.2, 0) is 16.8 Å². The third kappa shape index (κ3) is 2.51. The lowest BCUT2D eigenvalue weighted by Gasteiger charge is -2.21. The van der Waals surface area contributed by atoms with Crippen LogP contribution in [-0.4, -0.2) is 22.4 Å². The zero-order valence-electron chi connectivity index (χ0n) is 13.6. The molecule has 0 aromatic heterocycles. The van der Waals surface area contributed by atoms with E-state index in [4.69, 9.17) is 0 Å². The Bertz CT molecular complexity index is 593. The van der Waals surface area contributed by atoms with Crippen molar-refractivity contribution in [3.05, 3.63) is 35.4 Å². The van der Waals surface area contributed by atoms with E-state index in [-0.39, 0.29) is 17.4 Å². The summed E-state index contributed by atoms with van der Waals surface area (Å²) in [5.41, 5.74) is 1.74. The molecule has 3 rings (SSSR count). The van der Waals surface area contributed by atoms with Gasteiger partial charge in [-0.25, -0.2) is 4.79 Å². The second-order valence-electron chi connectivity index (χ2n) is 7.56. The van der Waals surface area contributed by atoms with Gasteiger partial charge >= 0.3 is 6.03 Å². The number of urea groups is 1. The van der Waals surface area contributed by atoms with Crippen LogP contribution in [0.3, 0.4) is 0 Å². The van der Waals surface area contributed by atoms with Gasteiger partial charge < -0.3 is 5.32 Å². The molecule has 2 aliphatic rings. The molecule has 1 N–H and O–H groups in total. The molecule has 1 heterocycles. The van der Waals surface area contributed by atoms with Crippen molar-refractivity contribution in [3.63, 3.8) is 0 Å². The molecule has 0 unspecified atom stereocenters. The molecule has 22 heavy (non-hydrogen) atoms. The average molecular weight is 300 g/mol. The smallest absolute Gasteiger partial charge is 0.323 e. The van der Waals surface area contributed by atoms with Crippen LogP contribution in [0.1, 0.15) is 57.6 Å². The van der Waals surface area contributed by atoms with Gasteiger partial charge in [0.15, 0.2) is 0 Å². The Hall–Kier alpha value is -1.84. The summed E-state index contributed by atoms with van der Waals surface area (Å²) < 4.78 is 0. The fourth-order valence-corrected chi connectivity index (χ4v) is 3.43. The fraction of sp³-hybridized carbons (Fsp3) is 0.556. The molecule has 1 aliphatic heterocycles. The summed E-state index contributed by atoms with van der Waals surface area (Å²) in [6.07, 6.45) is 3.58. The van der Waals surface area contributed by atoms with E-state index in [1.807, 2.05) is 12.1 Å². The van der Waals surface area contributed by atoms with E-state index in [0.717, 1.165) is 31.2 Å². The van der Waals surface area contributed by atoms with Gasteiger partial charge in [0.1, 0.15) is 5.54 Å². The Morgan fingerprint density at radius 3 is 2.23 bits per heavy atom. The number of benzene rings is 1. The van der Waals surface area contributed by atoms with Crippen molar-refractivity contribution in [1.29, 1.82) is 0 Å². The van der Waals surface area contributed by atoms with Crippen LogP contribution in [0.15, 0.2) is 24.3 Å². The molecule has 4 heteroatoms. The predicted octanol–water partition coefficient (Wildman–Crippen LogP) is 3.35. The normalized spacial score (nSPS) is 20.8. The lowest BCUT2D eigenvalue weighted by molar-refractivity contribution is -0.131. The first kappa shape index (κ1) is 15.1. The number of carbonyl (C=O) groups excluding carboxylic acids is 2. The van der Waals surface area contributed by atoms with Gasteiger partial charge in [-0.2, -0.15) is 0 Å². The van der Waals surface area contributed by atoms with E-state index in [1.54, 1.807) is 0 Å². The third-order valence-corrected chi connectivity index (χ3v) is 4.86. The maximum Gasteiger partial charge on any atom is 0.325 e. The highest BCUT2D eigenvalue weighted by Crippen LogP contribution is 2.35. The van der Waals surface area contributed by atoms with Gasteiger partial charge in [0.25, 0.3) is 5.91 Å². The number of carbonyl (C=O) groups is 2. The standard InChI is InChI=1S/C18H24N2O2/c1-17(2,3)14-8-6-13(7-9-14)12-20-15(21)18(19-16(20)22)10-4-5-11-18/h6-9H,4-5,10-12H2,1-3H3,(H,19,22). The molecule has 1 spiro atoms. The minimum absolute atomic E-state index is 0.0464. The van der Waals surface area contributed by atoms with Crippen molar-refractivity contribution in [2.75, 3.05) is 0 Å². The van der Waals surface area contributed by atoms with E-state index >= 15 is 0 Å². The van der Waals surface area contributed by atoms with Crippen LogP contribution in [0.4, 0.5) is 4.79 Å². The molecule has 0 bridgehead atoms. The summed E-state index contributed by atoms with van der Waals surface area (Å²) >= 11 is 0. The van der Waals surface area contributed by atoms with Gasteiger partial charge in [-0.3, -0.25) is 9.69 Å². The number of imide groups is 1. The zero-order chi connectivity index (χ0) is 16.0. The van der Waals surface area contributed by atoms with Crippen molar-refractivity contribution in [2.45, 2.75) is 64.0 Å². The van der Waals surface area contributed by atoms with Gasteiger partial charge in [0.05, 0.1) is 6.54 Å². The average Bonchev–Trinajstić information content (AvgIpc) is 3.00. The largest absolute Gasteiger partial charge is 0.325 e. The van der Waals surface area contributed by atoms with Gasteiger partial charge in [-0.1, -0.05) is 57.9 Å². The first-order valence-electron chi connectivity index (χ1n) is 8.05. The van der Waals surface area contributed by atoms with E-state index in [2.05, 4.69) is 38.2 Å². The molecule has 4 nitrogen and oxygen atoms in total. The van der Waals surface area contributed by atoms with Crippen molar-refractivity contribution in [2.24, 2.45) is 0 Å². The van der Waals surface area contributed by atoms with Crippen LogP contribution >= 0.6 is 0 Å². The van der Waals surface area contributed by atoms with Crippen molar-refractivity contribution >= 4 is 11.9 Å². The van der Waals surface area contributed by atoms with Gasteiger partial charge in [-0.05, 0) is 29.4 Å². The second kappa shape index (κ2) is 5.11. The summed E-state index contributed by atoms with van der Waals surface area (Å²) in [4.78, 5) is 26.2. The lowest BCUT2D eigenvalue weighted by atomic mass is 9.87. The molecule has 1 saturated carbocycles. The van der Waals surface area contributed by atoms with Crippen molar-refractivity contribution < 1.29 is 9.59 Å². The van der Waals surface area contributed by atoms with Crippen LogP contribution in [0.25, 0.3) is 0 Å². The first-order chi connectivity index (χ1) is 10.3. The van der Waals surface area contributed by atoms with Gasteiger partial charge in [-0.15, -0.1) is 0 Å². The quantitative estimate of drug-likeness (QED) is 0.852. The maximum atomic E-state index is 12.6. The number of nitrogens with one attached hydrogen (secondary N) is 1. The highest BCUT2D eigenvalue weighted by atomic mass is 16.2. The van der Waals surface area contributed by atoms with Gasteiger partial charge in [0.2, 0.25) is 0 Å². The molecule has 1 aromatic rings. The highest BCUT2D eigenvalue weighted by Gasteiger charge is 2.52. The van der Waals surface area contributed by atoms with E-state index < -0.39 is 5.54 Å². The van der Waals surface area contributed by atoms with E-state index in [0.29, 0.717) is 6.54 Å². The number of hydrogen-bond acceptors (Lipinski definition) is 2. The minimum Gasteiger partial charge on any atom is -0.323 e. The first-order valence-corrected chi connectivity index (χ1v) is 8.05. The van der Waals surface area contributed by atoms with E-state index in [1.165, 1.54) is 10.5 Å². The number of amides is 3. The SMILES string of the molecule is CC(C)(C)c1ccc(CN2C(=O)NC3(CCCC3)C2=O)cc1. The topological polar surface area (TPSA) is 49.4 Å². The fourth-order valence-electron chi connectivity index (χ4n) is 3.43. The molecule has 2 fully saturated rings. The molecular weight excluding hydrogens is 276 g/mol. The summed E-state index contributed by atoms with van der Waals surface area (Å²) in [5.74, 6) is -0.0464. The Labute approximate surface area is 131 Å². The number of nitrogens with zero attached hydrogens (tertiary/aromatic N) is 1. The third-order valence-electron chi connectivity index (χ3n) is 4.86. The Morgan fingerprint density at radius 1 is 1.09 bits per heavy atom. The predicted molar refractivity (Wildman–Crippen MR) is 85.4 cm³/mol. The zero-order valence-corrected chi connectivity index (χ0v) is 13.6. The molecule has 0 atom stereocenters. The van der Waals surface area contributed by atoms with Gasteiger partial charge in [0, 0.05) is 0 Å². The van der Waals surface area contributed by atoms with Crippen LogP contribution in [0.2, 0.25) is 0 Å². The molecule has 3 amide bonds. The van der Waals surface area contributed by atoms with Crippen LogP contribution in [0.5, 0.6) is 0 Å². The number of hydrogen-bond donors (Lipinski definition) is 1. The second-order valence-corrected chi connectivity index (χ2v) is 7.56. The molecule has 1 aliphatic carbocycles. The van der Waals surface area contributed by atoms with Crippen LogP contribution < -0.4 is 5.32 Å². The summed E-state index contributed by atoms with van der Waals surface area (Å²) in [6.45, 7) is 6.87. The highest BCUT2D eigenvalue weighted by molar-refractivity contribution is 6.07. The molecular formula is C18H24N2O2. The Balaban J connectivity index is 1.76. The summed E-state index contributed by atoms with van der Waals surface area (Å²) in [6, 6.07) is 7.95. The van der Waals surface area contributed by atoms with Crippen molar-refractivity contribution in [1.82, 2.24) is 10.2 Å². The van der Waals surface area contributed by atoms with E-state index in [9.17, 15) is 9.59 Å². The molecule has 1 aromatic carbocycles. The monoisotopic (exact) mass is 300 g/mol. The van der Waals surface area contributed by atoms with Crippen LogP contribution in [0, 0.1) is 0 Å². The maximum absolute atomic E-state index is 12.6. The Morgan fingerprint density at radius 2 is 1.68 bits per heavy atom. The summed E-state index contributed by atoms with van der Waals surface area (Å²) in [5, 5.41) is 2.92. The molecule has 0 radical (unpaired) electrons. The van der Waals surface area contributed by atoms with Crippen molar-refractivity contribution in [3.8, 4) is 0 Å². The minimum atomic E-state index is -0.609. The molecule has 118 valence electrons.